The highest BCUT2D eigenvalue weighted by atomic mass is 15.3. The summed E-state index contributed by atoms with van der Waals surface area (Å²) in [7, 11) is 0. The van der Waals surface area contributed by atoms with Crippen molar-refractivity contribution in [3.05, 3.63) is 48.4 Å². The number of benzene rings is 1. The molecule has 0 fully saturated rings. The second kappa shape index (κ2) is 4.72. The highest BCUT2D eigenvalue weighted by molar-refractivity contribution is 5.93. The highest BCUT2D eigenvalue weighted by Crippen LogP contribution is 2.25. The first-order valence-corrected chi connectivity index (χ1v) is 6.42. The molecule has 2 aromatic heterocycles. The van der Waals surface area contributed by atoms with Crippen LogP contribution in [0.4, 0.5) is 11.4 Å². The number of anilines is 2. The Morgan fingerprint density at radius 2 is 2.11 bits per heavy atom. The molecular weight excluding hydrogens is 236 g/mol. The standard InChI is InChI=1S/C15H16N4/c1-3-19-10-12(9-16-19)18-15-8-11(2)17-14-7-5-4-6-13(14)15/h4-10H,3H2,1-2H3,(H,17,18). The average Bonchev–Trinajstić information content (AvgIpc) is 2.86. The molecule has 3 rings (SSSR count). The number of fused-ring (bicyclic) bond motifs is 1. The maximum Gasteiger partial charge on any atom is 0.0770 e. The molecule has 0 atom stereocenters. The lowest BCUT2D eigenvalue weighted by Crippen LogP contribution is -1.94. The van der Waals surface area contributed by atoms with Gasteiger partial charge in [0.1, 0.15) is 0 Å². The van der Waals surface area contributed by atoms with E-state index in [9.17, 15) is 0 Å². The predicted octanol–water partition coefficient (Wildman–Crippen LogP) is 3.50. The van der Waals surface area contributed by atoms with Crippen LogP contribution in [0.3, 0.4) is 0 Å². The van der Waals surface area contributed by atoms with Gasteiger partial charge in [-0.15, -0.1) is 0 Å². The number of nitrogens with one attached hydrogen (secondary N) is 1. The number of aromatic nitrogens is 3. The Balaban J connectivity index is 2.04. The van der Waals surface area contributed by atoms with Crippen LogP contribution in [0.1, 0.15) is 12.6 Å². The van der Waals surface area contributed by atoms with Gasteiger partial charge in [0.05, 0.1) is 17.4 Å². The Morgan fingerprint density at radius 1 is 1.26 bits per heavy atom. The molecule has 0 unspecified atom stereocenters. The van der Waals surface area contributed by atoms with E-state index in [0.29, 0.717) is 0 Å². The summed E-state index contributed by atoms with van der Waals surface area (Å²) in [5.74, 6) is 0. The fourth-order valence-electron chi connectivity index (χ4n) is 2.17. The fourth-order valence-corrected chi connectivity index (χ4v) is 2.17. The van der Waals surface area contributed by atoms with Crippen LogP contribution in [0.2, 0.25) is 0 Å². The number of rotatable bonds is 3. The zero-order valence-electron chi connectivity index (χ0n) is 11.1. The van der Waals surface area contributed by atoms with Crippen molar-refractivity contribution in [3.63, 3.8) is 0 Å². The minimum atomic E-state index is 0.873. The summed E-state index contributed by atoms with van der Waals surface area (Å²) in [6, 6.07) is 10.2. The van der Waals surface area contributed by atoms with Crippen molar-refractivity contribution in [2.45, 2.75) is 20.4 Å². The van der Waals surface area contributed by atoms with Crippen molar-refractivity contribution in [2.24, 2.45) is 0 Å². The minimum absolute atomic E-state index is 0.873. The SMILES string of the molecule is CCn1cc(Nc2cc(C)nc3ccccc23)cn1. The largest absolute Gasteiger partial charge is 0.352 e. The zero-order chi connectivity index (χ0) is 13.2. The molecule has 0 bridgehead atoms. The molecule has 2 heterocycles. The van der Waals surface area contributed by atoms with E-state index in [-0.39, 0.29) is 0 Å². The van der Waals surface area contributed by atoms with Gasteiger partial charge < -0.3 is 5.32 Å². The number of nitrogens with zero attached hydrogens (tertiary/aromatic N) is 3. The molecule has 4 nitrogen and oxygen atoms in total. The van der Waals surface area contributed by atoms with Crippen LogP contribution >= 0.6 is 0 Å². The Bertz CT molecular complexity index is 715. The third-order valence-corrected chi connectivity index (χ3v) is 3.08. The Morgan fingerprint density at radius 3 is 2.89 bits per heavy atom. The van der Waals surface area contributed by atoms with Gasteiger partial charge in [0.2, 0.25) is 0 Å². The lowest BCUT2D eigenvalue weighted by atomic mass is 10.1. The molecule has 0 aliphatic heterocycles. The monoisotopic (exact) mass is 252 g/mol. The van der Waals surface area contributed by atoms with Crippen molar-refractivity contribution >= 4 is 22.3 Å². The van der Waals surface area contributed by atoms with Crippen molar-refractivity contribution < 1.29 is 0 Å². The first-order chi connectivity index (χ1) is 9.26. The summed E-state index contributed by atoms with van der Waals surface area (Å²) in [6.45, 7) is 4.95. The second-order valence-electron chi connectivity index (χ2n) is 4.54. The van der Waals surface area contributed by atoms with E-state index in [1.807, 2.05) is 42.2 Å². The molecule has 0 amide bonds. The van der Waals surface area contributed by atoms with Gasteiger partial charge >= 0.3 is 0 Å². The molecule has 0 aliphatic carbocycles. The molecule has 4 heteroatoms. The number of para-hydroxylation sites is 1. The van der Waals surface area contributed by atoms with Crippen LogP contribution in [0.15, 0.2) is 42.7 Å². The van der Waals surface area contributed by atoms with Crippen LogP contribution < -0.4 is 5.32 Å². The van der Waals surface area contributed by atoms with Gasteiger partial charge in [-0.05, 0) is 26.0 Å². The number of pyridine rings is 1. The van der Waals surface area contributed by atoms with Crippen LogP contribution in [0, 0.1) is 6.92 Å². The van der Waals surface area contributed by atoms with Crippen molar-refractivity contribution in [1.29, 1.82) is 0 Å². The molecule has 0 saturated carbocycles. The van der Waals surface area contributed by atoms with Gasteiger partial charge in [-0.2, -0.15) is 5.10 Å². The Kier molecular flexibility index (Phi) is 2.91. The van der Waals surface area contributed by atoms with E-state index in [0.717, 1.165) is 34.5 Å². The summed E-state index contributed by atoms with van der Waals surface area (Å²) in [4.78, 5) is 4.54. The first kappa shape index (κ1) is 11.7. The lowest BCUT2D eigenvalue weighted by Gasteiger charge is -2.08. The van der Waals surface area contributed by atoms with Crippen molar-refractivity contribution in [2.75, 3.05) is 5.32 Å². The van der Waals surface area contributed by atoms with Gasteiger partial charge in [0.25, 0.3) is 0 Å². The molecule has 0 aliphatic rings. The van der Waals surface area contributed by atoms with E-state index >= 15 is 0 Å². The molecule has 96 valence electrons. The van der Waals surface area contributed by atoms with Gasteiger partial charge in [-0.25, -0.2) is 0 Å². The second-order valence-corrected chi connectivity index (χ2v) is 4.54. The molecular formula is C15H16N4. The Hall–Kier alpha value is -2.36. The van der Waals surface area contributed by atoms with Crippen molar-refractivity contribution in [1.82, 2.24) is 14.8 Å². The minimum Gasteiger partial charge on any atom is -0.352 e. The summed E-state index contributed by atoms with van der Waals surface area (Å²) in [6.07, 6.45) is 3.85. The summed E-state index contributed by atoms with van der Waals surface area (Å²) in [5, 5.41) is 8.81. The Labute approximate surface area is 112 Å². The maximum atomic E-state index is 4.54. The van der Waals surface area contributed by atoms with E-state index in [1.165, 1.54) is 0 Å². The smallest absolute Gasteiger partial charge is 0.0770 e. The molecule has 3 aromatic rings. The third kappa shape index (κ3) is 2.29. The van der Waals surface area contributed by atoms with Crippen molar-refractivity contribution in [3.8, 4) is 0 Å². The van der Waals surface area contributed by atoms with Gasteiger partial charge in [0.15, 0.2) is 0 Å². The molecule has 0 spiro atoms. The molecule has 19 heavy (non-hydrogen) atoms. The maximum absolute atomic E-state index is 4.54. The summed E-state index contributed by atoms with van der Waals surface area (Å²) in [5.41, 5.74) is 4.08. The average molecular weight is 252 g/mol. The quantitative estimate of drug-likeness (QED) is 0.775. The number of aryl methyl sites for hydroxylation is 2. The molecule has 1 N–H and O–H groups in total. The zero-order valence-corrected chi connectivity index (χ0v) is 11.1. The summed E-state index contributed by atoms with van der Waals surface area (Å²) < 4.78 is 1.90. The first-order valence-electron chi connectivity index (χ1n) is 6.42. The van der Waals surface area contributed by atoms with Gasteiger partial charge in [0, 0.05) is 29.5 Å². The van der Waals surface area contributed by atoms with Crippen LogP contribution in [-0.2, 0) is 6.54 Å². The number of hydrogen-bond acceptors (Lipinski definition) is 3. The topological polar surface area (TPSA) is 42.7 Å². The third-order valence-electron chi connectivity index (χ3n) is 3.08. The van der Waals surface area contributed by atoms with Gasteiger partial charge in [-0.3, -0.25) is 9.67 Å². The van der Waals surface area contributed by atoms with Crippen LogP contribution in [0.25, 0.3) is 10.9 Å². The van der Waals surface area contributed by atoms with E-state index < -0.39 is 0 Å². The highest BCUT2D eigenvalue weighted by Gasteiger charge is 2.05. The fraction of sp³-hybridized carbons (Fsp3) is 0.200. The van der Waals surface area contributed by atoms with E-state index in [1.54, 1.807) is 0 Å². The van der Waals surface area contributed by atoms with Crippen LogP contribution in [0.5, 0.6) is 0 Å². The van der Waals surface area contributed by atoms with Crippen LogP contribution in [-0.4, -0.2) is 14.8 Å². The number of hydrogen-bond donors (Lipinski definition) is 1. The summed E-state index contributed by atoms with van der Waals surface area (Å²) >= 11 is 0. The molecule has 0 saturated heterocycles. The van der Waals surface area contributed by atoms with E-state index in [4.69, 9.17) is 0 Å². The molecule has 0 radical (unpaired) electrons. The van der Waals surface area contributed by atoms with Gasteiger partial charge in [-0.1, -0.05) is 18.2 Å². The van der Waals surface area contributed by atoms with E-state index in [2.05, 4.69) is 34.5 Å². The predicted molar refractivity (Wildman–Crippen MR) is 77.7 cm³/mol. The molecule has 1 aromatic carbocycles. The lowest BCUT2D eigenvalue weighted by molar-refractivity contribution is 0.660. The normalized spacial score (nSPS) is 10.8.